The van der Waals surface area contributed by atoms with Crippen LogP contribution in [-0.2, 0) is 4.74 Å². The van der Waals surface area contributed by atoms with Gasteiger partial charge in [-0.3, -0.25) is 4.57 Å². The second kappa shape index (κ2) is 4.24. The van der Waals surface area contributed by atoms with E-state index in [2.05, 4.69) is 27.6 Å². The van der Waals surface area contributed by atoms with Crippen molar-refractivity contribution in [1.29, 1.82) is 0 Å². The van der Waals surface area contributed by atoms with E-state index in [9.17, 15) is 10.2 Å². The second-order valence-corrected chi connectivity index (χ2v) is 4.27. The van der Waals surface area contributed by atoms with E-state index in [0.717, 1.165) is 0 Å². The molecule has 15 heavy (non-hydrogen) atoms. The van der Waals surface area contributed by atoms with Crippen LogP contribution >= 0.6 is 22.6 Å². The fourth-order valence-electron chi connectivity index (χ4n) is 1.63. The highest BCUT2D eigenvalue weighted by molar-refractivity contribution is 14.1. The number of rotatable bonds is 2. The average molecular weight is 325 g/mol. The van der Waals surface area contributed by atoms with E-state index >= 15 is 0 Å². The number of ether oxygens (including phenoxy) is 1. The first kappa shape index (κ1) is 11.1. The van der Waals surface area contributed by atoms with Crippen molar-refractivity contribution in [3.8, 4) is 0 Å². The molecule has 0 spiro atoms. The number of hydrogen-bond donors (Lipinski definition) is 3. The minimum Gasteiger partial charge on any atom is -0.387 e. The van der Waals surface area contributed by atoms with Crippen molar-refractivity contribution >= 4 is 28.5 Å². The number of hydrogen-bond acceptors (Lipinski definition) is 5. The van der Waals surface area contributed by atoms with Crippen LogP contribution in [0.1, 0.15) is 6.23 Å². The van der Waals surface area contributed by atoms with E-state index in [1.807, 2.05) is 0 Å². The molecule has 84 valence electrons. The van der Waals surface area contributed by atoms with Crippen LogP contribution in [0.2, 0.25) is 0 Å². The Labute approximate surface area is 100 Å². The van der Waals surface area contributed by atoms with Crippen molar-refractivity contribution < 1.29 is 14.9 Å². The minimum absolute atomic E-state index is 0.264. The predicted molar refractivity (Wildman–Crippen MR) is 61.5 cm³/mol. The molecule has 1 aliphatic heterocycles. The molecule has 4 N–H and O–H groups in total. The number of halogens is 1. The first-order valence-corrected chi connectivity index (χ1v) is 6.03. The van der Waals surface area contributed by atoms with Crippen LogP contribution in [0.3, 0.4) is 0 Å². The Bertz CT molecular complexity index is 346. The third-order valence-electron chi connectivity index (χ3n) is 2.46. The molecule has 0 amide bonds. The maximum Gasteiger partial charge on any atom is 0.202 e. The molecule has 1 saturated heterocycles. The van der Waals surface area contributed by atoms with Gasteiger partial charge in [-0.05, 0) is 0 Å². The molecule has 2 heterocycles. The Morgan fingerprint density at radius 1 is 1.53 bits per heavy atom. The van der Waals surface area contributed by atoms with E-state index in [1.165, 1.54) is 10.8 Å². The van der Waals surface area contributed by atoms with Crippen molar-refractivity contribution in [2.75, 3.05) is 10.2 Å². The Hall–Kier alpha value is -0.380. The van der Waals surface area contributed by atoms with E-state index in [0.29, 0.717) is 4.43 Å². The van der Waals surface area contributed by atoms with Crippen LogP contribution in [0.15, 0.2) is 12.4 Å². The van der Waals surface area contributed by atoms with Crippen LogP contribution < -0.4 is 5.73 Å². The number of aliphatic hydroxyl groups is 2. The summed E-state index contributed by atoms with van der Waals surface area (Å²) < 4.78 is 7.62. The number of anilines is 1. The monoisotopic (exact) mass is 325 g/mol. The zero-order chi connectivity index (χ0) is 11.0. The molecule has 6 nitrogen and oxygen atoms in total. The van der Waals surface area contributed by atoms with E-state index < -0.39 is 18.4 Å². The number of nitrogens with zero attached hydrogens (tertiary/aromatic N) is 2. The molecule has 1 fully saturated rings. The van der Waals surface area contributed by atoms with Gasteiger partial charge in [-0.2, -0.15) is 0 Å². The lowest BCUT2D eigenvalue weighted by Gasteiger charge is -2.16. The molecule has 0 unspecified atom stereocenters. The van der Waals surface area contributed by atoms with Gasteiger partial charge in [0.05, 0.1) is 6.10 Å². The summed E-state index contributed by atoms with van der Waals surface area (Å²) in [4.78, 5) is 3.84. The van der Waals surface area contributed by atoms with Crippen LogP contribution in [0, 0.1) is 0 Å². The Morgan fingerprint density at radius 2 is 2.27 bits per heavy atom. The SMILES string of the molecule is Nc1nccn1[C@H]1O[C@H](CI)[C@@H](O)[C@@H]1O. The first-order chi connectivity index (χ1) is 7.15. The minimum atomic E-state index is -0.971. The number of nitrogens with two attached hydrogens (primary N) is 1. The standard InChI is InChI=1S/C8H12IN3O3/c9-3-4-5(13)6(14)7(15-4)12-2-1-11-8(12)10/h1-2,4-7,13-14H,3H2,(H2,10,11)/t4-,5-,6+,7+/m1/s1. The van der Waals surface area contributed by atoms with Crippen LogP contribution in [0.4, 0.5) is 5.95 Å². The van der Waals surface area contributed by atoms with E-state index in [1.54, 1.807) is 6.20 Å². The highest BCUT2D eigenvalue weighted by Crippen LogP contribution is 2.31. The van der Waals surface area contributed by atoms with Crippen molar-refractivity contribution in [3.05, 3.63) is 12.4 Å². The van der Waals surface area contributed by atoms with Crippen LogP contribution in [0.5, 0.6) is 0 Å². The highest BCUT2D eigenvalue weighted by Gasteiger charge is 2.43. The third kappa shape index (κ3) is 1.84. The van der Waals surface area contributed by atoms with Gasteiger partial charge in [0.2, 0.25) is 5.95 Å². The summed E-state index contributed by atoms with van der Waals surface area (Å²) in [5.41, 5.74) is 5.59. The topological polar surface area (TPSA) is 93.5 Å². The quantitative estimate of drug-likeness (QED) is 0.504. The van der Waals surface area contributed by atoms with Crippen molar-refractivity contribution in [2.45, 2.75) is 24.5 Å². The molecule has 1 aromatic rings. The smallest absolute Gasteiger partial charge is 0.202 e. The fraction of sp³-hybridized carbons (Fsp3) is 0.625. The summed E-state index contributed by atoms with van der Waals surface area (Å²) in [6.45, 7) is 0. The molecule has 7 heteroatoms. The molecule has 0 aromatic carbocycles. The molecule has 0 aliphatic carbocycles. The normalized spacial score (nSPS) is 35.9. The summed E-state index contributed by atoms with van der Waals surface area (Å²) in [7, 11) is 0. The lowest BCUT2D eigenvalue weighted by atomic mass is 10.1. The van der Waals surface area contributed by atoms with Crippen molar-refractivity contribution in [3.63, 3.8) is 0 Å². The number of aliphatic hydroxyl groups excluding tert-OH is 2. The first-order valence-electron chi connectivity index (χ1n) is 4.51. The summed E-state index contributed by atoms with van der Waals surface area (Å²) in [6, 6.07) is 0. The molecule has 0 radical (unpaired) electrons. The Balaban J connectivity index is 2.22. The Morgan fingerprint density at radius 3 is 2.73 bits per heavy atom. The van der Waals surface area contributed by atoms with Gasteiger partial charge in [-0.15, -0.1) is 0 Å². The van der Waals surface area contributed by atoms with Crippen LogP contribution in [0.25, 0.3) is 0 Å². The zero-order valence-corrected chi connectivity index (χ0v) is 9.98. The largest absolute Gasteiger partial charge is 0.387 e. The van der Waals surface area contributed by atoms with Gasteiger partial charge in [0.15, 0.2) is 6.23 Å². The van der Waals surface area contributed by atoms with Gasteiger partial charge in [-0.25, -0.2) is 4.98 Å². The molecular weight excluding hydrogens is 313 g/mol. The summed E-state index contributed by atoms with van der Waals surface area (Å²) in [6.07, 6.45) is 0.269. The van der Waals surface area contributed by atoms with Crippen LogP contribution in [-0.4, -0.2) is 42.5 Å². The highest BCUT2D eigenvalue weighted by atomic mass is 127. The van der Waals surface area contributed by atoms with Gasteiger partial charge >= 0.3 is 0 Å². The van der Waals surface area contributed by atoms with Crippen molar-refractivity contribution in [1.82, 2.24) is 9.55 Å². The van der Waals surface area contributed by atoms with Gasteiger partial charge in [0.25, 0.3) is 0 Å². The maximum absolute atomic E-state index is 9.77. The molecule has 1 aromatic heterocycles. The summed E-state index contributed by atoms with van der Waals surface area (Å²) in [5.74, 6) is 0.264. The molecular formula is C8H12IN3O3. The second-order valence-electron chi connectivity index (χ2n) is 3.39. The van der Waals surface area contributed by atoms with E-state index in [4.69, 9.17) is 10.5 Å². The zero-order valence-electron chi connectivity index (χ0n) is 7.82. The molecule has 4 atom stereocenters. The lowest BCUT2D eigenvalue weighted by molar-refractivity contribution is -0.0291. The predicted octanol–water partition coefficient (Wildman–Crippen LogP) is -0.481. The molecule has 2 rings (SSSR count). The summed E-state index contributed by atoms with van der Waals surface area (Å²) in [5, 5.41) is 19.4. The van der Waals surface area contributed by atoms with Crippen molar-refractivity contribution in [2.24, 2.45) is 0 Å². The lowest BCUT2D eigenvalue weighted by Crippen LogP contribution is -2.32. The van der Waals surface area contributed by atoms with Gasteiger partial charge < -0.3 is 20.7 Å². The summed E-state index contributed by atoms with van der Waals surface area (Å²) >= 11 is 2.10. The number of imidazole rings is 1. The molecule has 0 saturated carbocycles. The van der Waals surface area contributed by atoms with Gasteiger partial charge in [0, 0.05) is 16.8 Å². The number of alkyl halides is 1. The van der Waals surface area contributed by atoms with E-state index in [-0.39, 0.29) is 12.1 Å². The average Bonchev–Trinajstić information content (AvgIpc) is 2.74. The maximum atomic E-state index is 9.77. The number of nitrogen functional groups attached to an aromatic ring is 1. The van der Waals surface area contributed by atoms with Gasteiger partial charge in [-0.1, -0.05) is 22.6 Å². The third-order valence-corrected chi connectivity index (χ3v) is 3.33. The molecule has 1 aliphatic rings. The van der Waals surface area contributed by atoms with Gasteiger partial charge in [0.1, 0.15) is 12.2 Å². The number of aromatic nitrogens is 2. The fourth-order valence-corrected chi connectivity index (χ4v) is 2.35. The molecule has 0 bridgehead atoms. The Kier molecular flexibility index (Phi) is 3.14.